The van der Waals surface area contributed by atoms with Crippen LogP contribution in [-0.4, -0.2) is 21.0 Å². The van der Waals surface area contributed by atoms with Gasteiger partial charge in [0.2, 0.25) is 10.0 Å². The predicted octanol–water partition coefficient (Wildman–Crippen LogP) is 3.48. The highest BCUT2D eigenvalue weighted by atomic mass is 79.9. The molecule has 0 unspecified atom stereocenters. The molecule has 0 amide bonds. The SMILES string of the molecule is CC(C)CCCNS(=O)(=O)c1cc(CNC2CC2)sc1Br. The maximum atomic E-state index is 12.3. The van der Waals surface area contributed by atoms with Gasteiger partial charge in [-0.3, -0.25) is 0 Å². The third-order valence-electron chi connectivity index (χ3n) is 3.39. The highest BCUT2D eigenvalue weighted by molar-refractivity contribution is 9.11. The first kappa shape index (κ1) is 17.4. The van der Waals surface area contributed by atoms with E-state index in [0.29, 0.717) is 27.2 Å². The summed E-state index contributed by atoms with van der Waals surface area (Å²) in [5.41, 5.74) is 0. The van der Waals surface area contributed by atoms with Crippen molar-refractivity contribution in [2.75, 3.05) is 6.54 Å². The zero-order valence-electron chi connectivity index (χ0n) is 12.5. The number of hydrogen-bond acceptors (Lipinski definition) is 4. The lowest BCUT2D eigenvalue weighted by Crippen LogP contribution is -2.25. The van der Waals surface area contributed by atoms with Crippen LogP contribution in [0.4, 0.5) is 0 Å². The Hall–Kier alpha value is 0.0500. The maximum Gasteiger partial charge on any atom is 0.242 e. The summed E-state index contributed by atoms with van der Waals surface area (Å²) in [7, 11) is -3.41. The molecule has 0 radical (unpaired) electrons. The van der Waals surface area contributed by atoms with Crippen molar-refractivity contribution >= 4 is 37.3 Å². The molecule has 1 fully saturated rings. The van der Waals surface area contributed by atoms with Gasteiger partial charge in [0.15, 0.2) is 0 Å². The van der Waals surface area contributed by atoms with E-state index in [0.717, 1.165) is 24.3 Å². The Morgan fingerprint density at radius 1 is 1.43 bits per heavy atom. The quantitative estimate of drug-likeness (QED) is 0.630. The molecule has 1 saturated carbocycles. The molecule has 0 aromatic carbocycles. The number of rotatable bonds is 9. The van der Waals surface area contributed by atoms with Gasteiger partial charge in [-0.1, -0.05) is 13.8 Å². The van der Waals surface area contributed by atoms with E-state index in [4.69, 9.17) is 0 Å². The number of sulfonamides is 1. The van der Waals surface area contributed by atoms with Crippen LogP contribution in [0.1, 0.15) is 44.4 Å². The lowest BCUT2D eigenvalue weighted by molar-refractivity contribution is 0.540. The van der Waals surface area contributed by atoms with E-state index in [2.05, 4.69) is 39.8 Å². The van der Waals surface area contributed by atoms with Gasteiger partial charge in [0, 0.05) is 24.0 Å². The first-order valence-corrected chi connectivity index (χ1v) is 10.5. The van der Waals surface area contributed by atoms with E-state index >= 15 is 0 Å². The lowest BCUT2D eigenvalue weighted by atomic mass is 10.1. The monoisotopic (exact) mass is 394 g/mol. The lowest BCUT2D eigenvalue weighted by Gasteiger charge is -2.07. The summed E-state index contributed by atoms with van der Waals surface area (Å²) in [6, 6.07) is 2.40. The fourth-order valence-electron chi connectivity index (χ4n) is 2.00. The fraction of sp³-hybridized carbons (Fsp3) is 0.714. The first-order valence-electron chi connectivity index (χ1n) is 7.39. The maximum absolute atomic E-state index is 12.3. The fourth-order valence-corrected chi connectivity index (χ4v) is 5.70. The van der Waals surface area contributed by atoms with Gasteiger partial charge in [0.25, 0.3) is 0 Å². The van der Waals surface area contributed by atoms with Crippen LogP contribution in [0.5, 0.6) is 0 Å². The largest absolute Gasteiger partial charge is 0.309 e. The van der Waals surface area contributed by atoms with Crippen LogP contribution in [-0.2, 0) is 16.6 Å². The molecule has 1 aromatic rings. The third-order valence-corrected chi connectivity index (χ3v) is 7.10. The molecular formula is C14H23BrN2O2S2. The van der Waals surface area contributed by atoms with Gasteiger partial charge in [0.1, 0.15) is 4.90 Å². The van der Waals surface area contributed by atoms with Crippen LogP contribution < -0.4 is 10.0 Å². The molecule has 0 atom stereocenters. The molecule has 1 aliphatic rings. The van der Waals surface area contributed by atoms with Gasteiger partial charge < -0.3 is 5.32 Å². The highest BCUT2D eigenvalue weighted by Gasteiger charge is 2.23. The Kier molecular flexibility index (Phi) is 6.25. The van der Waals surface area contributed by atoms with Crippen molar-refractivity contribution in [1.29, 1.82) is 0 Å². The number of thiophene rings is 1. The van der Waals surface area contributed by atoms with Gasteiger partial charge in [-0.05, 0) is 53.6 Å². The zero-order chi connectivity index (χ0) is 15.5. The molecule has 0 aliphatic heterocycles. The molecule has 120 valence electrons. The molecule has 1 heterocycles. The smallest absolute Gasteiger partial charge is 0.242 e. The van der Waals surface area contributed by atoms with E-state index in [1.807, 2.05) is 0 Å². The Labute approximate surface area is 139 Å². The molecule has 1 aromatic heterocycles. The molecule has 7 heteroatoms. The van der Waals surface area contributed by atoms with E-state index < -0.39 is 10.0 Å². The van der Waals surface area contributed by atoms with Crippen molar-refractivity contribution in [3.05, 3.63) is 14.7 Å². The van der Waals surface area contributed by atoms with Crippen LogP contribution >= 0.6 is 27.3 Å². The summed E-state index contributed by atoms with van der Waals surface area (Å²) in [6.07, 6.45) is 4.36. The molecule has 0 spiro atoms. The Morgan fingerprint density at radius 3 is 2.76 bits per heavy atom. The van der Waals surface area contributed by atoms with Crippen molar-refractivity contribution in [2.24, 2.45) is 5.92 Å². The van der Waals surface area contributed by atoms with Crippen molar-refractivity contribution < 1.29 is 8.42 Å². The minimum Gasteiger partial charge on any atom is -0.309 e. The van der Waals surface area contributed by atoms with Gasteiger partial charge in [0.05, 0.1) is 3.79 Å². The summed E-state index contributed by atoms with van der Waals surface area (Å²) in [4.78, 5) is 1.42. The zero-order valence-corrected chi connectivity index (χ0v) is 15.7. The standard InChI is InChI=1S/C14H23BrN2O2S2/c1-10(2)4-3-7-17-21(18,19)13-8-12(20-14(13)15)9-16-11-5-6-11/h8,10-11,16-17H,3-7,9H2,1-2H3. The van der Waals surface area contributed by atoms with E-state index in [-0.39, 0.29) is 0 Å². The molecule has 0 bridgehead atoms. The normalized spacial score (nSPS) is 15.8. The Morgan fingerprint density at radius 2 is 2.14 bits per heavy atom. The van der Waals surface area contributed by atoms with Crippen LogP contribution in [0.3, 0.4) is 0 Å². The van der Waals surface area contributed by atoms with Crippen molar-refractivity contribution in [3.63, 3.8) is 0 Å². The number of hydrogen-bond donors (Lipinski definition) is 2. The van der Waals surface area contributed by atoms with Crippen molar-refractivity contribution in [2.45, 2.75) is 57.0 Å². The van der Waals surface area contributed by atoms with Crippen LogP contribution in [0, 0.1) is 5.92 Å². The minimum absolute atomic E-state index is 0.365. The summed E-state index contributed by atoms with van der Waals surface area (Å²) in [5, 5.41) is 3.40. The second-order valence-electron chi connectivity index (χ2n) is 5.94. The summed E-state index contributed by atoms with van der Waals surface area (Å²) in [6.45, 7) is 5.53. The van der Waals surface area contributed by atoms with Gasteiger partial charge in [-0.2, -0.15) is 0 Å². The average molecular weight is 395 g/mol. The molecule has 2 rings (SSSR count). The van der Waals surface area contributed by atoms with Gasteiger partial charge in [-0.15, -0.1) is 11.3 Å². The predicted molar refractivity (Wildman–Crippen MR) is 91.1 cm³/mol. The van der Waals surface area contributed by atoms with Crippen molar-refractivity contribution in [1.82, 2.24) is 10.0 Å². The van der Waals surface area contributed by atoms with E-state index in [1.165, 1.54) is 24.2 Å². The van der Waals surface area contributed by atoms with Crippen LogP contribution in [0.15, 0.2) is 14.7 Å². The van der Waals surface area contributed by atoms with Crippen LogP contribution in [0.25, 0.3) is 0 Å². The Balaban J connectivity index is 1.91. The van der Waals surface area contributed by atoms with Crippen LogP contribution in [0.2, 0.25) is 0 Å². The van der Waals surface area contributed by atoms with Gasteiger partial charge in [-0.25, -0.2) is 13.1 Å². The second kappa shape index (κ2) is 7.55. The second-order valence-corrected chi connectivity index (χ2v) is 10.1. The topological polar surface area (TPSA) is 58.2 Å². The van der Waals surface area contributed by atoms with E-state index in [1.54, 1.807) is 6.07 Å². The minimum atomic E-state index is -3.41. The summed E-state index contributed by atoms with van der Waals surface area (Å²) >= 11 is 4.87. The molecule has 4 nitrogen and oxygen atoms in total. The van der Waals surface area contributed by atoms with Crippen molar-refractivity contribution in [3.8, 4) is 0 Å². The van der Waals surface area contributed by atoms with E-state index in [9.17, 15) is 8.42 Å². The summed E-state index contributed by atoms with van der Waals surface area (Å²) < 4.78 is 28.0. The number of halogens is 1. The highest BCUT2D eigenvalue weighted by Crippen LogP contribution is 2.32. The Bertz CT molecular complexity index is 566. The first-order chi connectivity index (χ1) is 9.88. The van der Waals surface area contributed by atoms with Gasteiger partial charge >= 0.3 is 0 Å². The molecule has 0 saturated heterocycles. The third kappa shape index (κ3) is 5.63. The number of nitrogens with one attached hydrogen (secondary N) is 2. The molecular weight excluding hydrogens is 372 g/mol. The molecule has 21 heavy (non-hydrogen) atoms. The molecule has 2 N–H and O–H groups in total. The average Bonchev–Trinajstić information content (AvgIpc) is 3.14. The summed E-state index contributed by atoms with van der Waals surface area (Å²) in [5.74, 6) is 0.600. The molecule has 1 aliphatic carbocycles.